The highest BCUT2D eigenvalue weighted by molar-refractivity contribution is 5.86. The van der Waals surface area contributed by atoms with Gasteiger partial charge in [-0.3, -0.25) is 9.59 Å². The van der Waals surface area contributed by atoms with E-state index in [0.717, 1.165) is 36.8 Å². The molecule has 4 rings (SSSR count). The number of nitrogens with zero attached hydrogens (tertiary/aromatic N) is 2. The summed E-state index contributed by atoms with van der Waals surface area (Å²) in [6, 6.07) is 14.5. The number of carbonyl (C=O) groups is 2. The van der Waals surface area contributed by atoms with Crippen LogP contribution in [0.4, 0.5) is 4.39 Å². The summed E-state index contributed by atoms with van der Waals surface area (Å²) in [5, 5.41) is 0. The molecule has 1 unspecified atom stereocenters. The van der Waals surface area contributed by atoms with E-state index in [1.807, 2.05) is 35.2 Å². The zero-order chi connectivity index (χ0) is 22.0. The molecule has 1 saturated heterocycles. The first kappa shape index (κ1) is 21.5. The van der Waals surface area contributed by atoms with Gasteiger partial charge in [-0.2, -0.15) is 0 Å². The molecule has 2 aromatic carbocycles. The summed E-state index contributed by atoms with van der Waals surface area (Å²) < 4.78 is 14.6. The van der Waals surface area contributed by atoms with Gasteiger partial charge < -0.3 is 9.80 Å². The molecule has 0 spiro atoms. The fourth-order valence-corrected chi connectivity index (χ4v) is 5.34. The molecule has 1 aliphatic heterocycles. The number of amides is 2. The van der Waals surface area contributed by atoms with Crippen molar-refractivity contribution in [2.45, 2.75) is 38.5 Å². The Labute approximate surface area is 184 Å². The number of benzene rings is 2. The Morgan fingerprint density at radius 1 is 1.03 bits per heavy atom. The van der Waals surface area contributed by atoms with Crippen molar-refractivity contribution in [3.05, 3.63) is 59.9 Å². The fraction of sp³-hybridized carbons (Fsp3) is 0.462. The van der Waals surface area contributed by atoms with E-state index in [2.05, 4.69) is 0 Å². The molecule has 2 fully saturated rings. The topological polar surface area (TPSA) is 40.6 Å². The first-order chi connectivity index (χ1) is 14.9. The lowest BCUT2D eigenvalue weighted by Crippen LogP contribution is -2.45. The Morgan fingerprint density at radius 2 is 1.68 bits per heavy atom. The van der Waals surface area contributed by atoms with E-state index in [4.69, 9.17) is 0 Å². The second-order valence-electron chi connectivity index (χ2n) is 9.28. The molecule has 5 heteroatoms. The van der Waals surface area contributed by atoms with Gasteiger partial charge in [-0.1, -0.05) is 55.3 Å². The number of likely N-dealkylation sites (tertiary alicyclic amines) is 1. The lowest BCUT2D eigenvalue weighted by atomic mass is 9.77. The van der Waals surface area contributed by atoms with E-state index < -0.39 is 5.41 Å². The van der Waals surface area contributed by atoms with Crippen molar-refractivity contribution < 1.29 is 14.0 Å². The van der Waals surface area contributed by atoms with Crippen LogP contribution in [0.15, 0.2) is 48.5 Å². The molecule has 164 valence electrons. The molecule has 31 heavy (non-hydrogen) atoms. The maximum Gasteiger partial charge on any atom is 0.230 e. The van der Waals surface area contributed by atoms with Crippen LogP contribution in [-0.2, 0) is 16.0 Å². The standard InChI is InChI=1S/C26H31FN2O2/c1-28(2)25(31)26(15-16-29(18-26)24(30)19-9-3-4-10-19)17-20-11-5-6-12-21(20)22-13-7-8-14-23(22)27/h5-8,11-14,19H,3-4,9-10,15-18H2,1-2H3. The third-order valence-electron chi connectivity index (χ3n) is 6.94. The van der Waals surface area contributed by atoms with Gasteiger partial charge in [0.15, 0.2) is 0 Å². The summed E-state index contributed by atoms with van der Waals surface area (Å²) in [5.74, 6) is 0.0780. The van der Waals surface area contributed by atoms with Gasteiger partial charge in [0, 0.05) is 38.7 Å². The quantitative estimate of drug-likeness (QED) is 0.710. The minimum absolute atomic E-state index is 0.0394. The molecule has 2 aliphatic rings. The zero-order valence-corrected chi connectivity index (χ0v) is 18.4. The average Bonchev–Trinajstić information content (AvgIpc) is 3.45. The van der Waals surface area contributed by atoms with Crippen LogP contribution in [-0.4, -0.2) is 48.8 Å². The summed E-state index contributed by atoms with van der Waals surface area (Å²) in [4.78, 5) is 30.0. The normalized spacial score (nSPS) is 21.5. The summed E-state index contributed by atoms with van der Waals surface area (Å²) >= 11 is 0. The van der Waals surface area contributed by atoms with E-state index in [1.165, 1.54) is 6.07 Å². The predicted octanol–water partition coefficient (Wildman–Crippen LogP) is 4.53. The summed E-state index contributed by atoms with van der Waals surface area (Å²) in [6.07, 6.45) is 5.27. The molecule has 2 amide bonds. The van der Waals surface area contributed by atoms with E-state index in [-0.39, 0.29) is 23.5 Å². The predicted molar refractivity (Wildman–Crippen MR) is 120 cm³/mol. The third kappa shape index (κ3) is 4.23. The Morgan fingerprint density at radius 3 is 2.35 bits per heavy atom. The molecule has 1 saturated carbocycles. The maximum atomic E-state index is 14.6. The monoisotopic (exact) mass is 422 g/mol. The first-order valence-corrected chi connectivity index (χ1v) is 11.2. The zero-order valence-electron chi connectivity index (χ0n) is 18.4. The van der Waals surface area contributed by atoms with Gasteiger partial charge in [0.2, 0.25) is 11.8 Å². The second-order valence-corrected chi connectivity index (χ2v) is 9.28. The number of hydrogen-bond acceptors (Lipinski definition) is 2. The number of halogens is 1. The minimum atomic E-state index is -0.681. The van der Waals surface area contributed by atoms with Gasteiger partial charge in [-0.25, -0.2) is 4.39 Å². The number of hydrogen-bond donors (Lipinski definition) is 0. The minimum Gasteiger partial charge on any atom is -0.348 e. The van der Waals surface area contributed by atoms with Crippen LogP contribution in [0.2, 0.25) is 0 Å². The Bertz CT molecular complexity index is 967. The Hall–Kier alpha value is -2.69. The number of rotatable bonds is 5. The molecule has 1 aliphatic carbocycles. The molecule has 1 atom stereocenters. The molecule has 0 bridgehead atoms. The van der Waals surface area contributed by atoms with Gasteiger partial charge in [-0.15, -0.1) is 0 Å². The van der Waals surface area contributed by atoms with Crippen LogP contribution >= 0.6 is 0 Å². The van der Waals surface area contributed by atoms with Crippen molar-refractivity contribution >= 4 is 11.8 Å². The first-order valence-electron chi connectivity index (χ1n) is 11.2. The average molecular weight is 423 g/mol. The van der Waals surface area contributed by atoms with Crippen molar-refractivity contribution in [3.8, 4) is 11.1 Å². The smallest absolute Gasteiger partial charge is 0.230 e. The maximum absolute atomic E-state index is 14.6. The molecule has 2 aromatic rings. The summed E-state index contributed by atoms with van der Waals surface area (Å²) in [6.45, 7) is 1.04. The van der Waals surface area contributed by atoms with Crippen LogP contribution in [0, 0.1) is 17.2 Å². The largest absolute Gasteiger partial charge is 0.348 e. The van der Waals surface area contributed by atoms with Crippen LogP contribution < -0.4 is 0 Å². The molecule has 1 heterocycles. The highest BCUT2D eigenvalue weighted by Crippen LogP contribution is 2.40. The van der Waals surface area contributed by atoms with E-state index in [1.54, 1.807) is 31.1 Å². The van der Waals surface area contributed by atoms with E-state index in [0.29, 0.717) is 31.5 Å². The van der Waals surface area contributed by atoms with Crippen LogP contribution in [0.3, 0.4) is 0 Å². The summed E-state index contributed by atoms with van der Waals surface area (Å²) in [5.41, 5.74) is 1.62. The SMILES string of the molecule is CN(C)C(=O)C1(Cc2ccccc2-c2ccccc2F)CCN(C(=O)C2CCCC2)C1. The van der Waals surface area contributed by atoms with E-state index >= 15 is 0 Å². The highest BCUT2D eigenvalue weighted by Gasteiger charge is 2.48. The van der Waals surface area contributed by atoms with Gasteiger partial charge in [0.25, 0.3) is 0 Å². The Kier molecular flexibility index (Phi) is 6.12. The molecule has 4 nitrogen and oxygen atoms in total. The molecule has 0 radical (unpaired) electrons. The van der Waals surface area contributed by atoms with Crippen LogP contribution in [0.25, 0.3) is 11.1 Å². The van der Waals surface area contributed by atoms with Gasteiger partial charge >= 0.3 is 0 Å². The van der Waals surface area contributed by atoms with Gasteiger partial charge in [0.1, 0.15) is 5.82 Å². The number of carbonyl (C=O) groups excluding carboxylic acids is 2. The Balaban J connectivity index is 1.66. The van der Waals surface area contributed by atoms with Crippen molar-refractivity contribution in [2.24, 2.45) is 11.3 Å². The van der Waals surface area contributed by atoms with Crippen molar-refractivity contribution in [1.29, 1.82) is 0 Å². The lowest BCUT2D eigenvalue weighted by Gasteiger charge is -2.32. The van der Waals surface area contributed by atoms with Crippen molar-refractivity contribution in [1.82, 2.24) is 9.80 Å². The van der Waals surface area contributed by atoms with E-state index in [9.17, 15) is 14.0 Å². The van der Waals surface area contributed by atoms with Crippen molar-refractivity contribution in [3.63, 3.8) is 0 Å². The fourth-order valence-electron chi connectivity index (χ4n) is 5.34. The van der Waals surface area contributed by atoms with Gasteiger partial charge in [0.05, 0.1) is 5.41 Å². The molecule has 0 aromatic heterocycles. The van der Waals surface area contributed by atoms with Gasteiger partial charge in [-0.05, 0) is 42.9 Å². The molecular formula is C26H31FN2O2. The highest BCUT2D eigenvalue weighted by atomic mass is 19.1. The van der Waals surface area contributed by atoms with Crippen molar-refractivity contribution in [2.75, 3.05) is 27.2 Å². The van der Waals surface area contributed by atoms with Crippen LogP contribution in [0.5, 0.6) is 0 Å². The molecular weight excluding hydrogens is 391 g/mol. The summed E-state index contributed by atoms with van der Waals surface area (Å²) in [7, 11) is 3.54. The third-order valence-corrected chi connectivity index (χ3v) is 6.94. The van der Waals surface area contributed by atoms with Crippen LogP contribution in [0.1, 0.15) is 37.7 Å². The second kappa shape index (κ2) is 8.81. The molecule has 0 N–H and O–H groups in total. The lowest BCUT2D eigenvalue weighted by molar-refractivity contribution is -0.140.